The van der Waals surface area contributed by atoms with Crippen molar-refractivity contribution in [2.45, 2.75) is 31.5 Å². The maximum atomic E-state index is 13.1. The summed E-state index contributed by atoms with van der Waals surface area (Å²) in [6.07, 6.45) is 0.923. The van der Waals surface area contributed by atoms with Gasteiger partial charge in [-0.15, -0.1) is 11.3 Å². The van der Waals surface area contributed by atoms with Crippen LogP contribution in [0.5, 0.6) is 0 Å². The first-order chi connectivity index (χ1) is 14.1. The monoisotopic (exact) mass is 413 g/mol. The number of thiophene rings is 1. The molecule has 7 nitrogen and oxygen atoms in total. The first-order valence-corrected chi connectivity index (χ1v) is 10.5. The zero-order valence-electron chi connectivity index (χ0n) is 16.1. The molecule has 2 atom stereocenters. The Balaban J connectivity index is 1.55. The second-order valence-corrected chi connectivity index (χ2v) is 8.22. The Morgan fingerprint density at radius 2 is 2.17 bits per heavy atom. The van der Waals surface area contributed by atoms with Crippen LogP contribution in [0.15, 0.2) is 35.7 Å². The maximum Gasteiger partial charge on any atom is 0.255 e. The minimum Gasteiger partial charge on any atom is -0.383 e. The Kier molecular flexibility index (Phi) is 5.64. The fourth-order valence-electron chi connectivity index (χ4n) is 3.93. The van der Waals surface area contributed by atoms with E-state index >= 15 is 0 Å². The molecule has 1 aromatic carbocycles. The number of methoxy groups -OCH3 is 1. The summed E-state index contributed by atoms with van der Waals surface area (Å²) in [5.74, 6) is -0.445. The SMILES string of the molecule is COCCN1Cc2cccc(C(=O)N[C@@H]3CCC(=O)N[C@H]3c3cccs3)c2C1=O. The molecule has 2 aliphatic heterocycles. The lowest BCUT2D eigenvalue weighted by molar-refractivity contribution is -0.123. The fraction of sp³-hybridized carbons (Fsp3) is 0.381. The molecule has 0 aliphatic carbocycles. The Morgan fingerprint density at radius 3 is 2.93 bits per heavy atom. The third kappa shape index (κ3) is 3.90. The smallest absolute Gasteiger partial charge is 0.255 e. The van der Waals surface area contributed by atoms with E-state index in [0.29, 0.717) is 43.7 Å². The highest BCUT2D eigenvalue weighted by Gasteiger charge is 2.35. The topological polar surface area (TPSA) is 87.7 Å². The van der Waals surface area contributed by atoms with E-state index in [-0.39, 0.29) is 29.8 Å². The van der Waals surface area contributed by atoms with Crippen LogP contribution in [0.2, 0.25) is 0 Å². The van der Waals surface area contributed by atoms with Gasteiger partial charge in [-0.2, -0.15) is 0 Å². The van der Waals surface area contributed by atoms with E-state index in [1.54, 1.807) is 35.5 Å². The van der Waals surface area contributed by atoms with Crippen molar-refractivity contribution < 1.29 is 19.1 Å². The molecule has 2 aromatic rings. The number of carbonyl (C=O) groups is 3. The minimum absolute atomic E-state index is 0.0153. The summed E-state index contributed by atoms with van der Waals surface area (Å²) in [7, 11) is 1.60. The highest BCUT2D eigenvalue weighted by molar-refractivity contribution is 7.10. The van der Waals surface area contributed by atoms with Crippen LogP contribution in [-0.2, 0) is 16.1 Å². The average molecular weight is 413 g/mol. The molecule has 3 heterocycles. The lowest BCUT2D eigenvalue weighted by Gasteiger charge is -2.32. The van der Waals surface area contributed by atoms with Crippen molar-refractivity contribution in [3.8, 4) is 0 Å². The number of rotatable bonds is 6. The summed E-state index contributed by atoms with van der Waals surface area (Å²) >= 11 is 1.55. The Hall–Kier alpha value is -2.71. The lowest BCUT2D eigenvalue weighted by atomic mass is 9.95. The molecule has 1 aromatic heterocycles. The Morgan fingerprint density at radius 1 is 1.31 bits per heavy atom. The molecule has 29 heavy (non-hydrogen) atoms. The van der Waals surface area contributed by atoms with Crippen LogP contribution in [-0.4, -0.2) is 48.9 Å². The number of nitrogens with one attached hydrogen (secondary N) is 2. The van der Waals surface area contributed by atoms with Gasteiger partial charge in [-0.1, -0.05) is 18.2 Å². The number of hydrogen-bond acceptors (Lipinski definition) is 5. The van der Waals surface area contributed by atoms with Crippen LogP contribution in [0.3, 0.4) is 0 Å². The summed E-state index contributed by atoms with van der Waals surface area (Å²) in [5.41, 5.74) is 1.70. The van der Waals surface area contributed by atoms with Gasteiger partial charge >= 0.3 is 0 Å². The number of ether oxygens (including phenoxy) is 1. The summed E-state index contributed by atoms with van der Waals surface area (Å²) in [6, 6.07) is 8.77. The van der Waals surface area contributed by atoms with Crippen LogP contribution in [0.4, 0.5) is 0 Å². The standard InChI is InChI=1S/C21H23N3O4S/c1-28-10-9-24-12-13-4-2-5-14(18(13)21(24)27)20(26)22-15-7-8-17(25)23-19(15)16-6-3-11-29-16/h2-6,11,15,19H,7-10,12H2,1H3,(H,22,26)(H,23,25)/t15-,19-/m1/s1. The van der Waals surface area contributed by atoms with Gasteiger partial charge in [-0.25, -0.2) is 0 Å². The average Bonchev–Trinajstić information content (AvgIpc) is 3.36. The van der Waals surface area contributed by atoms with Crippen LogP contribution in [0.1, 0.15) is 50.0 Å². The molecule has 3 amide bonds. The summed E-state index contributed by atoms with van der Waals surface area (Å²) in [6.45, 7) is 1.42. The zero-order chi connectivity index (χ0) is 20.4. The van der Waals surface area contributed by atoms with Crippen LogP contribution < -0.4 is 10.6 Å². The van der Waals surface area contributed by atoms with E-state index in [1.165, 1.54) is 0 Å². The second-order valence-electron chi connectivity index (χ2n) is 7.24. The molecule has 0 spiro atoms. The number of nitrogens with zero attached hydrogens (tertiary/aromatic N) is 1. The third-order valence-corrected chi connectivity index (χ3v) is 6.35. The first-order valence-electron chi connectivity index (χ1n) is 9.62. The van der Waals surface area contributed by atoms with E-state index in [2.05, 4.69) is 10.6 Å². The van der Waals surface area contributed by atoms with Crippen molar-refractivity contribution in [1.82, 2.24) is 15.5 Å². The fourth-order valence-corrected chi connectivity index (χ4v) is 4.77. The second kappa shape index (κ2) is 8.34. The summed E-state index contributed by atoms with van der Waals surface area (Å²) in [4.78, 5) is 40.6. The molecule has 2 aliphatic rings. The van der Waals surface area contributed by atoms with Crippen LogP contribution in [0.25, 0.3) is 0 Å². The number of benzene rings is 1. The molecule has 152 valence electrons. The van der Waals surface area contributed by atoms with Gasteiger partial charge in [0, 0.05) is 31.5 Å². The van der Waals surface area contributed by atoms with Crippen LogP contribution in [0, 0.1) is 0 Å². The van der Waals surface area contributed by atoms with E-state index in [1.807, 2.05) is 23.6 Å². The molecule has 1 saturated heterocycles. The summed E-state index contributed by atoms with van der Waals surface area (Å²) < 4.78 is 5.08. The van der Waals surface area contributed by atoms with Crippen molar-refractivity contribution in [3.63, 3.8) is 0 Å². The van der Waals surface area contributed by atoms with E-state index in [0.717, 1.165) is 10.4 Å². The third-order valence-electron chi connectivity index (χ3n) is 5.39. The van der Waals surface area contributed by atoms with Crippen molar-refractivity contribution in [1.29, 1.82) is 0 Å². The molecule has 4 rings (SSSR count). The van der Waals surface area contributed by atoms with Gasteiger partial charge in [-0.3, -0.25) is 14.4 Å². The minimum atomic E-state index is -0.286. The van der Waals surface area contributed by atoms with Gasteiger partial charge in [0.15, 0.2) is 0 Å². The Labute approximate surface area is 173 Å². The highest BCUT2D eigenvalue weighted by atomic mass is 32.1. The number of amides is 3. The van der Waals surface area contributed by atoms with Crippen molar-refractivity contribution in [2.24, 2.45) is 0 Å². The number of fused-ring (bicyclic) bond motifs is 1. The molecule has 0 radical (unpaired) electrons. The molecule has 2 N–H and O–H groups in total. The predicted molar refractivity (Wildman–Crippen MR) is 109 cm³/mol. The molecular formula is C21H23N3O4S. The predicted octanol–water partition coefficient (Wildman–Crippen LogP) is 2.10. The number of hydrogen-bond donors (Lipinski definition) is 2. The molecule has 0 unspecified atom stereocenters. The Bertz CT molecular complexity index is 928. The molecule has 8 heteroatoms. The van der Waals surface area contributed by atoms with Gasteiger partial charge in [-0.05, 0) is 29.5 Å². The van der Waals surface area contributed by atoms with Crippen molar-refractivity contribution in [3.05, 3.63) is 57.3 Å². The highest BCUT2D eigenvalue weighted by Crippen LogP contribution is 2.29. The van der Waals surface area contributed by atoms with Crippen molar-refractivity contribution >= 4 is 29.1 Å². The molecule has 0 bridgehead atoms. The van der Waals surface area contributed by atoms with Gasteiger partial charge in [0.25, 0.3) is 11.8 Å². The zero-order valence-corrected chi connectivity index (χ0v) is 17.0. The van der Waals surface area contributed by atoms with Gasteiger partial charge in [0.2, 0.25) is 5.91 Å². The van der Waals surface area contributed by atoms with Crippen LogP contribution >= 0.6 is 11.3 Å². The van der Waals surface area contributed by atoms with Gasteiger partial charge in [0.1, 0.15) is 0 Å². The molecule has 1 fully saturated rings. The maximum absolute atomic E-state index is 13.1. The van der Waals surface area contributed by atoms with E-state index in [4.69, 9.17) is 4.74 Å². The van der Waals surface area contributed by atoms with Gasteiger partial charge < -0.3 is 20.3 Å². The van der Waals surface area contributed by atoms with Gasteiger partial charge in [0.05, 0.1) is 29.8 Å². The number of piperidine rings is 1. The lowest BCUT2D eigenvalue weighted by Crippen LogP contribution is -2.50. The molecule has 0 saturated carbocycles. The largest absolute Gasteiger partial charge is 0.383 e. The molecular weight excluding hydrogens is 390 g/mol. The first kappa shape index (κ1) is 19.6. The van der Waals surface area contributed by atoms with Crippen molar-refractivity contribution in [2.75, 3.05) is 20.3 Å². The normalized spacial score (nSPS) is 21.1. The summed E-state index contributed by atoms with van der Waals surface area (Å²) in [5, 5.41) is 8.00. The van der Waals surface area contributed by atoms with E-state index < -0.39 is 0 Å². The van der Waals surface area contributed by atoms with E-state index in [9.17, 15) is 14.4 Å². The quantitative estimate of drug-likeness (QED) is 0.759. The number of carbonyl (C=O) groups excluding carboxylic acids is 3.